The molecule has 4 nitrogen and oxygen atoms in total. The maximum atomic E-state index is 13.1. The summed E-state index contributed by atoms with van der Waals surface area (Å²) in [6.45, 7) is 6.41. The van der Waals surface area contributed by atoms with Crippen LogP contribution in [0, 0.1) is 12.7 Å². The molecule has 0 atom stereocenters. The Bertz CT molecular complexity index is 660. The number of nitrogens with one attached hydrogen (secondary N) is 2. The van der Waals surface area contributed by atoms with Gasteiger partial charge in [0.2, 0.25) is 0 Å². The SMILES string of the molecule is CCNC(=NCCCc1cccc(F)c1)NCCc1csc(C)n1.I. The summed E-state index contributed by atoms with van der Waals surface area (Å²) in [5.41, 5.74) is 2.13. The van der Waals surface area contributed by atoms with Crippen molar-refractivity contribution in [3.63, 3.8) is 0 Å². The van der Waals surface area contributed by atoms with Crippen molar-refractivity contribution in [3.05, 3.63) is 51.7 Å². The first kappa shape index (κ1) is 21.8. The van der Waals surface area contributed by atoms with Gasteiger partial charge in [-0.2, -0.15) is 0 Å². The van der Waals surface area contributed by atoms with Crippen molar-refractivity contribution >= 4 is 41.3 Å². The Balaban J connectivity index is 0.00000312. The Morgan fingerprint density at radius 1 is 1.28 bits per heavy atom. The molecule has 0 aliphatic heterocycles. The molecule has 7 heteroatoms. The first-order chi connectivity index (χ1) is 11.7. The van der Waals surface area contributed by atoms with Gasteiger partial charge in [0, 0.05) is 31.4 Å². The molecule has 2 N–H and O–H groups in total. The van der Waals surface area contributed by atoms with Gasteiger partial charge >= 0.3 is 0 Å². The topological polar surface area (TPSA) is 49.3 Å². The quantitative estimate of drug-likeness (QED) is 0.263. The van der Waals surface area contributed by atoms with Crippen LogP contribution in [0.3, 0.4) is 0 Å². The van der Waals surface area contributed by atoms with Gasteiger partial charge < -0.3 is 10.6 Å². The number of aryl methyl sites for hydroxylation is 2. The van der Waals surface area contributed by atoms with E-state index in [1.165, 1.54) is 6.07 Å². The van der Waals surface area contributed by atoms with E-state index in [1.54, 1.807) is 23.5 Å². The van der Waals surface area contributed by atoms with Crippen LogP contribution >= 0.6 is 35.3 Å². The van der Waals surface area contributed by atoms with Gasteiger partial charge in [0.25, 0.3) is 0 Å². The summed E-state index contributed by atoms with van der Waals surface area (Å²) >= 11 is 1.68. The first-order valence-electron chi connectivity index (χ1n) is 8.35. The third-order valence-electron chi connectivity index (χ3n) is 3.47. The van der Waals surface area contributed by atoms with E-state index >= 15 is 0 Å². The average molecular weight is 476 g/mol. The van der Waals surface area contributed by atoms with Crippen molar-refractivity contribution in [2.24, 2.45) is 4.99 Å². The highest BCUT2D eigenvalue weighted by molar-refractivity contribution is 14.0. The van der Waals surface area contributed by atoms with E-state index in [0.29, 0.717) is 6.54 Å². The number of thiazole rings is 1. The van der Waals surface area contributed by atoms with E-state index in [9.17, 15) is 4.39 Å². The third kappa shape index (κ3) is 8.62. The average Bonchev–Trinajstić information content (AvgIpc) is 2.97. The number of halogens is 2. The summed E-state index contributed by atoms with van der Waals surface area (Å²) in [5.74, 6) is 0.645. The van der Waals surface area contributed by atoms with Gasteiger partial charge in [0.15, 0.2) is 5.96 Å². The van der Waals surface area contributed by atoms with Gasteiger partial charge in [-0.1, -0.05) is 12.1 Å². The van der Waals surface area contributed by atoms with E-state index in [-0.39, 0.29) is 29.8 Å². The molecule has 0 aliphatic carbocycles. The molecule has 138 valence electrons. The van der Waals surface area contributed by atoms with Crippen LogP contribution in [0.5, 0.6) is 0 Å². The van der Waals surface area contributed by atoms with Gasteiger partial charge in [-0.3, -0.25) is 4.99 Å². The van der Waals surface area contributed by atoms with Crippen LogP contribution in [0.2, 0.25) is 0 Å². The number of hydrogen-bond acceptors (Lipinski definition) is 3. The van der Waals surface area contributed by atoms with E-state index in [4.69, 9.17) is 0 Å². The second-order valence-electron chi connectivity index (χ2n) is 5.53. The van der Waals surface area contributed by atoms with E-state index in [0.717, 1.165) is 54.6 Å². The monoisotopic (exact) mass is 476 g/mol. The minimum Gasteiger partial charge on any atom is -0.357 e. The van der Waals surface area contributed by atoms with Gasteiger partial charge in [0.05, 0.1) is 10.7 Å². The summed E-state index contributed by atoms with van der Waals surface area (Å²) in [5, 5.41) is 9.77. The van der Waals surface area contributed by atoms with Crippen LogP contribution < -0.4 is 10.6 Å². The molecular weight excluding hydrogens is 450 g/mol. The number of nitrogens with zero attached hydrogens (tertiary/aromatic N) is 2. The molecule has 0 radical (unpaired) electrons. The molecule has 0 bridgehead atoms. The van der Waals surface area contributed by atoms with Gasteiger partial charge in [-0.05, 0) is 44.4 Å². The van der Waals surface area contributed by atoms with Crippen LogP contribution in [0.4, 0.5) is 4.39 Å². The van der Waals surface area contributed by atoms with Crippen LogP contribution in [-0.2, 0) is 12.8 Å². The van der Waals surface area contributed by atoms with Crippen LogP contribution in [-0.4, -0.2) is 30.6 Å². The smallest absolute Gasteiger partial charge is 0.191 e. The molecule has 0 spiro atoms. The molecular formula is C18H26FIN4S. The Hall–Kier alpha value is -1.22. The summed E-state index contributed by atoms with van der Waals surface area (Å²) in [7, 11) is 0. The first-order valence-corrected chi connectivity index (χ1v) is 9.23. The largest absolute Gasteiger partial charge is 0.357 e. The molecule has 0 unspecified atom stereocenters. The summed E-state index contributed by atoms with van der Waals surface area (Å²) in [6, 6.07) is 6.76. The predicted octanol–water partition coefficient (Wildman–Crippen LogP) is 3.94. The molecule has 0 aliphatic rings. The fourth-order valence-electron chi connectivity index (χ4n) is 2.34. The summed E-state index contributed by atoms with van der Waals surface area (Å²) < 4.78 is 13.1. The molecule has 0 saturated carbocycles. The lowest BCUT2D eigenvalue weighted by atomic mass is 10.1. The number of aromatic nitrogens is 1. The highest BCUT2D eigenvalue weighted by Crippen LogP contribution is 2.08. The lowest BCUT2D eigenvalue weighted by Crippen LogP contribution is -2.38. The molecule has 0 saturated heterocycles. The highest BCUT2D eigenvalue weighted by Gasteiger charge is 2.01. The predicted molar refractivity (Wildman–Crippen MR) is 115 cm³/mol. The Morgan fingerprint density at radius 3 is 2.80 bits per heavy atom. The number of hydrogen-bond donors (Lipinski definition) is 2. The van der Waals surface area contributed by atoms with Crippen molar-refractivity contribution in [1.29, 1.82) is 0 Å². The lowest BCUT2D eigenvalue weighted by molar-refractivity contribution is 0.624. The Morgan fingerprint density at radius 2 is 2.12 bits per heavy atom. The van der Waals surface area contributed by atoms with E-state index < -0.39 is 0 Å². The Labute approximate surface area is 170 Å². The highest BCUT2D eigenvalue weighted by atomic mass is 127. The minimum atomic E-state index is -0.178. The van der Waals surface area contributed by atoms with Crippen LogP contribution in [0.25, 0.3) is 0 Å². The molecule has 0 fully saturated rings. The molecule has 25 heavy (non-hydrogen) atoms. The normalized spacial score (nSPS) is 11.1. The molecule has 0 amide bonds. The van der Waals surface area contributed by atoms with Crippen LogP contribution in [0.15, 0.2) is 34.6 Å². The lowest BCUT2D eigenvalue weighted by Gasteiger charge is -2.10. The molecule has 1 heterocycles. The fraction of sp³-hybridized carbons (Fsp3) is 0.444. The van der Waals surface area contributed by atoms with Crippen LogP contribution in [0.1, 0.15) is 29.6 Å². The van der Waals surface area contributed by atoms with E-state index in [2.05, 4.69) is 26.0 Å². The standard InChI is InChI=1S/C18H25FN4S.HI/c1-3-20-18(22-11-9-17-13-24-14(2)23-17)21-10-5-7-15-6-4-8-16(19)12-15;/h4,6,8,12-13H,3,5,7,9-11H2,1-2H3,(H2,20,21,22);1H. The van der Waals surface area contributed by atoms with Crippen molar-refractivity contribution in [3.8, 4) is 0 Å². The van der Waals surface area contributed by atoms with Crippen molar-refractivity contribution < 1.29 is 4.39 Å². The summed E-state index contributed by atoms with van der Waals surface area (Å²) in [6.07, 6.45) is 2.61. The summed E-state index contributed by atoms with van der Waals surface area (Å²) in [4.78, 5) is 9.03. The molecule has 1 aromatic carbocycles. The molecule has 1 aromatic heterocycles. The maximum absolute atomic E-state index is 13.1. The van der Waals surface area contributed by atoms with Crippen molar-refractivity contribution in [2.75, 3.05) is 19.6 Å². The Kier molecular flexibility index (Phi) is 10.6. The third-order valence-corrected chi connectivity index (χ3v) is 4.29. The number of guanidine groups is 1. The number of aliphatic imine (C=N–C) groups is 1. The van der Waals surface area contributed by atoms with Gasteiger partial charge in [0.1, 0.15) is 5.82 Å². The molecule has 2 rings (SSSR count). The van der Waals surface area contributed by atoms with E-state index in [1.807, 2.05) is 19.9 Å². The zero-order valence-corrected chi connectivity index (χ0v) is 17.9. The number of rotatable bonds is 8. The second kappa shape index (κ2) is 12.2. The zero-order chi connectivity index (χ0) is 17.2. The number of benzene rings is 1. The van der Waals surface area contributed by atoms with Crippen molar-refractivity contribution in [2.45, 2.75) is 33.1 Å². The second-order valence-corrected chi connectivity index (χ2v) is 6.59. The van der Waals surface area contributed by atoms with Crippen molar-refractivity contribution in [1.82, 2.24) is 15.6 Å². The maximum Gasteiger partial charge on any atom is 0.191 e. The molecule has 2 aromatic rings. The van der Waals surface area contributed by atoms with Gasteiger partial charge in [-0.15, -0.1) is 35.3 Å². The van der Waals surface area contributed by atoms with Gasteiger partial charge in [-0.25, -0.2) is 9.37 Å². The zero-order valence-electron chi connectivity index (χ0n) is 14.7. The fourth-order valence-corrected chi connectivity index (χ4v) is 2.99. The minimum absolute atomic E-state index is 0.